The summed E-state index contributed by atoms with van der Waals surface area (Å²) < 4.78 is 5.69. The molecule has 0 saturated heterocycles. The second-order valence-electron chi connectivity index (χ2n) is 4.74. The van der Waals surface area contributed by atoms with Gasteiger partial charge in [0.25, 0.3) is 0 Å². The van der Waals surface area contributed by atoms with Crippen molar-refractivity contribution in [3.8, 4) is 0 Å². The summed E-state index contributed by atoms with van der Waals surface area (Å²) in [6.45, 7) is 4.31. The predicted octanol–water partition coefficient (Wildman–Crippen LogP) is 2.48. The van der Waals surface area contributed by atoms with Crippen LogP contribution in [0.2, 0.25) is 0 Å². The molecule has 0 heterocycles. The summed E-state index contributed by atoms with van der Waals surface area (Å²) in [7, 11) is 0. The lowest BCUT2D eigenvalue weighted by molar-refractivity contribution is -0.135. The van der Waals surface area contributed by atoms with Crippen molar-refractivity contribution in [2.45, 2.75) is 51.9 Å². The Morgan fingerprint density at radius 1 is 1.36 bits per heavy atom. The smallest absolute Gasteiger partial charge is 0.177 e. The second kappa shape index (κ2) is 4.03. The van der Waals surface area contributed by atoms with Gasteiger partial charge in [-0.15, -0.1) is 0 Å². The van der Waals surface area contributed by atoms with Gasteiger partial charge < -0.3 is 9.84 Å². The fourth-order valence-corrected chi connectivity index (χ4v) is 2.28. The molecule has 4 atom stereocenters. The van der Waals surface area contributed by atoms with Crippen LogP contribution in [0.5, 0.6) is 0 Å². The maximum Gasteiger partial charge on any atom is 0.177 e. The number of hydrogen-bond donors (Lipinski definition) is 1. The van der Waals surface area contributed by atoms with Gasteiger partial charge in [0.2, 0.25) is 0 Å². The van der Waals surface area contributed by atoms with Crippen LogP contribution in [-0.2, 0) is 4.74 Å². The summed E-state index contributed by atoms with van der Waals surface area (Å²) >= 11 is 0. The van der Waals surface area contributed by atoms with Crippen LogP contribution in [-0.4, -0.2) is 17.5 Å². The van der Waals surface area contributed by atoms with Gasteiger partial charge in [0, 0.05) is 5.92 Å². The lowest BCUT2D eigenvalue weighted by atomic mass is 9.88. The molecule has 0 radical (unpaired) electrons. The lowest BCUT2D eigenvalue weighted by Gasteiger charge is -2.30. The minimum Gasteiger partial charge on any atom is -0.364 e. The fourth-order valence-electron chi connectivity index (χ4n) is 2.28. The van der Waals surface area contributed by atoms with Crippen molar-refractivity contribution in [2.24, 2.45) is 11.8 Å². The molecule has 0 amide bonds. The summed E-state index contributed by atoms with van der Waals surface area (Å²) in [6.07, 6.45) is 6.62. The van der Waals surface area contributed by atoms with Crippen molar-refractivity contribution in [1.82, 2.24) is 0 Å². The monoisotopic (exact) mass is 196 g/mol. The van der Waals surface area contributed by atoms with E-state index in [4.69, 9.17) is 4.74 Å². The lowest BCUT2D eigenvalue weighted by Crippen LogP contribution is -2.30. The Bertz CT molecular complexity index is 234. The summed E-state index contributed by atoms with van der Waals surface area (Å²) in [6, 6.07) is 0. The van der Waals surface area contributed by atoms with Crippen LogP contribution in [0, 0.1) is 11.8 Å². The van der Waals surface area contributed by atoms with Crippen LogP contribution < -0.4 is 0 Å². The van der Waals surface area contributed by atoms with E-state index >= 15 is 0 Å². The number of hydrogen-bond acceptors (Lipinski definition) is 2. The number of allylic oxidation sites excluding steroid dienone is 1. The number of ether oxygens (including phenoxy) is 1. The number of rotatable bonds is 3. The van der Waals surface area contributed by atoms with Gasteiger partial charge >= 0.3 is 0 Å². The molecule has 1 N–H and O–H groups in total. The first-order chi connectivity index (χ1) is 6.68. The molecule has 0 aliphatic heterocycles. The minimum absolute atomic E-state index is 0.271. The summed E-state index contributed by atoms with van der Waals surface area (Å²) in [5.41, 5.74) is 1.07. The Balaban J connectivity index is 1.80. The standard InChI is InChI=1S/C12H20O2/c1-8-5-3-4-6-11(8)14-12(13)10-7-9(10)2/h7-9,11-13H,3-6H2,1-2H3. The third kappa shape index (κ3) is 2.18. The number of aliphatic hydroxyl groups excluding tert-OH is 1. The molecule has 2 aliphatic rings. The van der Waals surface area contributed by atoms with Gasteiger partial charge in [-0.25, -0.2) is 0 Å². The summed E-state index contributed by atoms with van der Waals surface area (Å²) in [5, 5.41) is 9.74. The van der Waals surface area contributed by atoms with E-state index in [-0.39, 0.29) is 6.10 Å². The number of aliphatic hydroxyl groups is 1. The van der Waals surface area contributed by atoms with Crippen molar-refractivity contribution >= 4 is 0 Å². The van der Waals surface area contributed by atoms with Crippen LogP contribution in [0.25, 0.3) is 0 Å². The van der Waals surface area contributed by atoms with Gasteiger partial charge in [0.1, 0.15) is 0 Å². The highest BCUT2D eigenvalue weighted by Gasteiger charge is 2.31. The molecule has 14 heavy (non-hydrogen) atoms. The second-order valence-corrected chi connectivity index (χ2v) is 4.74. The first-order valence-corrected chi connectivity index (χ1v) is 5.73. The zero-order valence-corrected chi connectivity index (χ0v) is 9.07. The van der Waals surface area contributed by atoms with E-state index in [0.29, 0.717) is 11.8 Å². The molecule has 0 aromatic carbocycles. The highest BCUT2D eigenvalue weighted by Crippen LogP contribution is 2.34. The van der Waals surface area contributed by atoms with E-state index in [1.54, 1.807) is 0 Å². The molecule has 0 aromatic rings. The van der Waals surface area contributed by atoms with Gasteiger partial charge in [0.05, 0.1) is 6.10 Å². The van der Waals surface area contributed by atoms with Crippen molar-refractivity contribution in [1.29, 1.82) is 0 Å². The first kappa shape index (κ1) is 10.2. The van der Waals surface area contributed by atoms with E-state index in [0.717, 1.165) is 12.0 Å². The zero-order valence-electron chi connectivity index (χ0n) is 9.07. The van der Waals surface area contributed by atoms with Crippen molar-refractivity contribution in [3.05, 3.63) is 11.6 Å². The molecule has 0 bridgehead atoms. The maximum absolute atomic E-state index is 9.74. The quantitative estimate of drug-likeness (QED) is 0.555. The van der Waals surface area contributed by atoms with Crippen molar-refractivity contribution < 1.29 is 9.84 Å². The maximum atomic E-state index is 9.74. The Morgan fingerprint density at radius 3 is 2.57 bits per heavy atom. The third-order valence-corrected chi connectivity index (χ3v) is 3.48. The molecule has 2 nitrogen and oxygen atoms in total. The topological polar surface area (TPSA) is 29.5 Å². The van der Waals surface area contributed by atoms with Gasteiger partial charge in [0.15, 0.2) is 6.29 Å². The Morgan fingerprint density at radius 2 is 2.00 bits per heavy atom. The van der Waals surface area contributed by atoms with E-state index < -0.39 is 6.29 Å². The molecule has 0 aromatic heterocycles. The van der Waals surface area contributed by atoms with Crippen LogP contribution in [0.4, 0.5) is 0 Å². The van der Waals surface area contributed by atoms with Gasteiger partial charge in [-0.05, 0) is 24.3 Å². The summed E-state index contributed by atoms with van der Waals surface area (Å²) in [4.78, 5) is 0. The molecule has 2 rings (SSSR count). The fraction of sp³-hybridized carbons (Fsp3) is 0.833. The van der Waals surface area contributed by atoms with E-state index in [1.807, 2.05) is 0 Å². The van der Waals surface area contributed by atoms with Crippen LogP contribution >= 0.6 is 0 Å². The average Bonchev–Trinajstić information content (AvgIpc) is 2.87. The van der Waals surface area contributed by atoms with E-state index in [1.165, 1.54) is 19.3 Å². The molecule has 80 valence electrons. The SMILES string of the molecule is CC1C=C1C(O)OC1CCCCC1C. The summed E-state index contributed by atoms with van der Waals surface area (Å²) in [5.74, 6) is 1.07. The molecule has 1 saturated carbocycles. The highest BCUT2D eigenvalue weighted by molar-refractivity contribution is 5.29. The highest BCUT2D eigenvalue weighted by atomic mass is 16.6. The van der Waals surface area contributed by atoms with Crippen molar-refractivity contribution in [2.75, 3.05) is 0 Å². The Kier molecular flexibility index (Phi) is 2.93. The normalized spacial score (nSPS) is 39.1. The van der Waals surface area contributed by atoms with E-state index in [9.17, 15) is 5.11 Å². The molecule has 2 aliphatic carbocycles. The van der Waals surface area contributed by atoms with Crippen LogP contribution in [0.15, 0.2) is 11.6 Å². The van der Waals surface area contributed by atoms with Crippen LogP contribution in [0.3, 0.4) is 0 Å². The zero-order chi connectivity index (χ0) is 10.1. The Hall–Kier alpha value is -0.340. The van der Waals surface area contributed by atoms with Gasteiger partial charge in [-0.1, -0.05) is 32.8 Å². The van der Waals surface area contributed by atoms with Gasteiger partial charge in [-0.2, -0.15) is 0 Å². The molecular weight excluding hydrogens is 176 g/mol. The average molecular weight is 196 g/mol. The first-order valence-electron chi connectivity index (χ1n) is 5.73. The Labute approximate surface area is 86.0 Å². The van der Waals surface area contributed by atoms with Crippen molar-refractivity contribution in [3.63, 3.8) is 0 Å². The third-order valence-electron chi connectivity index (χ3n) is 3.48. The molecule has 2 heteroatoms. The van der Waals surface area contributed by atoms with E-state index in [2.05, 4.69) is 19.9 Å². The largest absolute Gasteiger partial charge is 0.364 e. The van der Waals surface area contributed by atoms with Gasteiger partial charge in [-0.3, -0.25) is 0 Å². The molecule has 4 unspecified atom stereocenters. The minimum atomic E-state index is -0.629. The predicted molar refractivity (Wildman–Crippen MR) is 55.8 cm³/mol. The molecule has 1 fully saturated rings. The molecular formula is C12H20O2. The van der Waals surface area contributed by atoms with Crippen LogP contribution in [0.1, 0.15) is 39.5 Å². The molecule has 0 spiro atoms.